The quantitative estimate of drug-likeness (QED) is 0.760. The van der Waals surface area contributed by atoms with E-state index in [1.54, 1.807) is 0 Å². The van der Waals surface area contributed by atoms with Crippen LogP contribution in [0.15, 0.2) is 0 Å². The number of aromatic nitrogens is 2. The van der Waals surface area contributed by atoms with E-state index in [1.807, 2.05) is 18.5 Å². The number of aryl methyl sites for hydroxylation is 2. The monoisotopic (exact) mass is 229 g/mol. The molecule has 0 aliphatic heterocycles. The summed E-state index contributed by atoms with van der Waals surface area (Å²) in [4.78, 5) is 0. The van der Waals surface area contributed by atoms with Gasteiger partial charge in [0.05, 0.1) is 16.4 Å². The summed E-state index contributed by atoms with van der Waals surface area (Å²) < 4.78 is 2.00. The summed E-state index contributed by atoms with van der Waals surface area (Å²) in [6.45, 7) is 9.19. The van der Waals surface area contributed by atoms with Crippen LogP contribution in [-0.4, -0.2) is 22.9 Å². The Morgan fingerprint density at radius 2 is 2.07 bits per heavy atom. The van der Waals surface area contributed by atoms with Gasteiger partial charge in [0.2, 0.25) is 0 Å². The van der Waals surface area contributed by atoms with Crippen molar-refractivity contribution in [3.63, 3.8) is 0 Å². The zero-order chi connectivity index (χ0) is 11.3. The van der Waals surface area contributed by atoms with Crippen LogP contribution in [0.25, 0.3) is 0 Å². The van der Waals surface area contributed by atoms with Crippen molar-refractivity contribution in [2.24, 2.45) is 0 Å². The first-order chi connectivity index (χ1) is 7.16. The molecule has 4 heteroatoms. The Labute approximate surface area is 96.8 Å². The number of nitrogens with one attached hydrogen (secondary N) is 1. The molecule has 0 fully saturated rings. The number of hydrogen-bond donors (Lipinski definition) is 1. The lowest BCUT2D eigenvalue weighted by Crippen LogP contribution is -2.14. The van der Waals surface area contributed by atoms with Gasteiger partial charge in [0.25, 0.3) is 0 Å². The highest BCUT2D eigenvalue weighted by molar-refractivity contribution is 6.31. The Morgan fingerprint density at radius 3 is 2.60 bits per heavy atom. The highest BCUT2D eigenvalue weighted by atomic mass is 35.5. The van der Waals surface area contributed by atoms with E-state index in [4.69, 9.17) is 11.6 Å². The molecule has 0 aliphatic carbocycles. The third-order valence-electron chi connectivity index (χ3n) is 2.52. The molecule has 0 radical (unpaired) electrons. The van der Waals surface area contributed by atoms with Crippen molar-refractivity contribution in [1.82, 2.24) is 15.1 Å². The Morgan fingerprint density at radius 1 is 1.33 bits per heavy atom. The average molecular weight is 230 g/mol. The molecule has 15 heavy (non-hydrogen) atoms. The summed E-state index contributed by atoms with van der Waals surface area (Å²) in [5.41, 5.74) is 2.01. The molecule has 0 atom stereocenters. The van der Waals surface area contributed by atoms with Crippen LogP contribution in [0.2, 0.25) is 5.02 Å². The summed E-state index contributed by atoms with van der Waals surface area (Å²) in [6.07, 6.45) is 2.33. The van der Waals surface area contributed by atoms with E-state index in [9.17, 15) is 0 Å². The first-order valence-electron chi connectivity index (χ1n) is 5.57. The van der Waals surface area contributed by atoms with Crippen LogP contribution in [-0.2, 0) is 6.54 Å². The minimum absolute atomic E-state index is 0.807. The Kier molecular flexibility index (Phi) is 5.12. The fourth-order valence-electron chi connectivity index (χ4n) is 1.58. The fraction of sp³-hybridized carbons (Fsp3) is 0.727. The third-order valence-corrected chi connectivity index (χ3v) is 3.06. The molecule has 0 amide bonds. The van der Waals surface area contributed by atoms with Crippen LogP contribution >= 0.6 is 11.6 Å². The fourth-order valence-corrected chi connectivity index (χ4v) is 1.72. The SMILES string of the molecule is CCNCCCCn1nc(C)c(Cl)c1C. The van der Waals surface area contributed by atoms with Crippen LogP contribution in [0.3, 0.4) is 0 Å². The summed E-state index contributed by atoms with van der Waals surface area (Å²) >= 11 is 6.07. The number of rotatable bonds is 6. The predicted octanol–water partition coefficient (Wildman–Crippen LogP) is 2.54. The number of unbranched alkanes of at least 4 members (excludes halogenated alkanes) is 1. The molecule has 0 saturated carbocycles. The molecular weight excluding hydrogens is 210 g/mol. The molecular formula is C11H20ClN3. The normalized spacial score (nSPS) is 10.9. The summed E-state index contributed by atoms with van der Waals surface area (Å²) in [5.74, 6) is 0. The Bertz CT molecular complexity index is 307. The molecule has 1 N–H and O–H groups in total. The summed E-state index contributed by atoms with van der Waals surface area (Å²) in [5, 5.41) is 8.51. The molecule has 0 saturated heterocycles. The van der Waals surface area contributed by atoms with Gasteiger partial charge in [-0.25, -0.2) is 0 Å². The zero-order valence-corrected chi connectivity index (χ0v) is 10.6. The third kappa shape index (κ3) is 3.50. The van der Waals surface area contributed by atoms with Crippen molar-refractivity contribution >= 4 is 11.6 Å². The lowest BCUT2D eigenvalue weighted by atomic mass is 10.3. The van der Waals surface area contributed by atoms with Crippen LogP contribution in [0.1, 0.15) is 31.2 Å². The second kappa shape index (κ2) is 6.13. The molecule has 1 aromatic heterocycles. The van der Waals surface area contributed by atoms with Gasteiger partial charge in [0.1, 0.15) is 0 Å². The predicted molar refractivity (Wildman–Crippen MR) is 64.5 cm³/mol. The van der Waals surface area contributed by atoms with Crippen molar-refractivity contribution in [1.29, 1.82) is 0 Å². The topological polar surface area (TPSA) is 29.9 Å². The Balaban J connectivity index is 2.34. The highest BCUT2D eigenvalue weighted by Gasteiger charge is 2.07. The van der Waals surface area contributed by atoms with Gasteiger partial charge in [0, 0.05) is 6.54 Å². The Hall–Kier alpha value is -0.540. The van der Waals surface area contributed by atoms with Gasteiger partial charge in [-0.3, -0.25) is 4.68 Å². The van der Waals surface area contributed by atoms with Gasteiger partial charge >= 0.3 is 0 Å². The number of hydrogen-bond acceptors (Lipinski definition) is 2. The maximum atomic E-state index is 6.07. The van der Waals surface area contributed by atoms with E-state index in [-0.39, 0.29) is 0 Å². The average Bonchev–Trinajstić information content (AvgIpc) is 2.46. The second-order valence-corrected chi connectivity index (χ2v) is 4.15. The van der Waals surface area contributed by atoms with Crippen LogP contribution in [0.4, 0.5) is 0 Å². The van der Waals surface area contributed by atoms with Gasteiger partial charge in [0.15, 0.2) is 0 Å². The van der Waals surface area contributed by atoms with Crippen molar-refractivity contribution in [3.8, 4) is 0 Å². The van der Waals surface area contributed by atoms with Gasteiger partial charge in [-0.05, 0) is 39.8 Å². The van der Waals surface area contributed by atoms with Gasteiger partial charge < -0.3 is 5.32 Å². The molecule has 0 aliphatic rings. The maximum absolute atomic E-state index is 6.07. The van der Waals surface area contributed by atoms with Crippen molar-refractivity contribution in [2.45, 2.75) is 40.2 Å². The summed E-state index contributed by atoms with van der Waals surface area (Å²) in [6, 6.07) is 0. The minimum Gasteiger partial charge on any atom is -0.317 e. The second-order valence-electron chi connectivity index (χ2n) is 3.77. The van der Waals surface area contributed by atoms with Crippen molar-refractivity contribution in [3.05, 3.63) is 16.4 Å². The minimum atomic E-state index is 0.807. The largest absolute Gasteiger partial charge is 0.317 e. The first-order valence-corrected chi connectivity index (χ1v) is 5.94. The number of halogens is 1. The van der Waals surface area contributed by atoms with Gasteiger partial charge in [-0.15, -0.1) is 0 Å². The molecule has 0 bridgehead atoms. The maximum Gasteiger partial charge on any atom is 0.0844 e. The molecule has 86 valence electrons. The van der Waals surface area contributed by atoms with E-state index < -0.39 is 0 Å². The molecule has 3 nitrogen and oxygen atoms in total. The molecule has 0 unspecified atom stereocenters. The lowest BCUT2D eigenvalue weighted by molar-refractivity contribution is 0.529. The van der Waals surface area contributed by atoms with E-state index in [0.717, 1.165) is 42.5 Å². The van der Waals surface area contributed by atoms with E-state index in [2.05, 4.69) is 17.3 Å². The molecule has 1 rings (SSSR count). The standard InChI is InChI=1S/C11H20ClN3/c1-4-13-7-5-6-8-15-10(3)11(12)9(2)14-15/h13H,4-8H2,1-3H3. The lowest BCUT2D eigenvalue weighted by Gasteiger charge is -2.04. The smallest absolute Gasteiger partial charge is 0.0844 e. The molecule has 1 aromatic rings. The van der Waals surface area contributed by atoms with Crippen LogP contribution < -0.4 is 5.32 Å². The van der Waals surface area contributed by atoms with Crippen molar-refractivity contribution in [2.75, 3.05) is 13.1 Å². The summed E-state index contributed by atoms with van der Waals surface area (Å²) in [7, 11) is 0. The molecule has 1 heterocycles. The van der Waals surface area contributed by atoms with Crippen molar-refractivity contribution < 1.29 is 0 Å². The van der Waals surface area contributed by atoms with Crippen LogP contribution in [0, 0.1) is 13.8 Å². The number of nitrogens with zero attached hydrogens (tertiary/aromatic N) is 2. The van der Waals surface area contributed by atoms with E-state index in [0.29, 0.717) is 0 Å². The first kappa shape index (κ1) is 12.5. The van der Waals surface area contributed by atoms with Crippen LogP contribution in [0.5, 0.6) is 0 Å². The highest BCUT2D eigenvalue weighted by Crippen LogP contribution is 2.18. The zero-order valence-electron chi connectivity index (χ0n) is 9.81. The van der Waals surface area contributed by atoms with Gasteiger partial charge in [-0.2, -0.15) is 5.10 Å². The van der Waals surface area contributed by atoms with Gasteiger partial charge in [-0.1, -0.05) is 18.5 Å². The van der Waals surface area contributed by atoms with E-state index in [1.165, 1.54) is 6.42 Å². The van der Waals surface area contributed by atoms with E-state index >= 15 is 0 Å². The molecule has 0 spiro atoms. The molecule has 0 aromatic carbocycles.